The summed E-state index contributed by atoms with van der Waals surface area (Å²) in [5.41, 5.74) is 11.6. The Morgan fingerprint density at radius 2 is 1.64 bits per heavy atom. The Hall–Kier alpha value is -3.61. The number of rotatable bonds is 2. The van der Waals surface area contributed by atoms with Crippen molar-refractivity contribution in [2.45, 2.75) is 49.5 Å². The number of aromatic amines is 1. The molecule has 22 heteroatoms. The van der Waals surface area contributed by atoms with Crippen molar-refractivity contribution in [2.75, 3.05) is 24.7 Å². The number of fused-ring (bicyclic) bond motifs is 4. The Bertz CT molecular complexity index is 1770. The van der Waals surface area contributed by atoms with Gasteiger partial charge in [-0.15, -0.1) is 18.1 Å². The van der Waals surface area contributed by atoms with Gasteiger partial charge in [-0.2, -0.15) is 4.98 Å². The maximum absolute atomic E-state index is 15.7. The fourth-order valence-corrected chi connectivity index (χ4v) is 6.61. The number of nitrogens with two attached hydrogens (primary N) is 2. The lowest BCUT2D eigenvalue weighted by atomic mass is 10.1. The second kappa shape index (κ2) is 10.6. The van der Waals surface area contributed by atoms with Gasteiger partial charge in [0.25, 0.3) is 5.56 Å². The molecule has 5 N–H and O–H groups in total. The van der Waals surface area contributed by atoms with Gasteiger partial charge in [-0.05, 0) is 0 Å². The molecule has 7 heterocycles. The van der Waals surface area contributed by atoms with E-state index in [0.717, 1.165) is 0 Å². The van der Waals surface area contributed by atoms with Crippen molar-refractivity contribution in [3.8, 4) is 0 Å². The van der Waals surface area contributed by atoms with Crippen LogP contribution in [0.25, 0.3) is 22.3 Å². The fourth-order valence-electron chi connectivity index (χ4n) is 5.06. The van der Waals surface area contributed by atoms with Gasteiger partial charge in [-0.1, -0.05) is 0 Å². The molecule has 3 unspecified atom stereocenters. The van der Waals surface area contributed by atoms with Crippen LogP contribution >= 0.6 is 16.5 Å². The van der Waals surface area contributed by atoms with Crippen LogP contribution in [0.2, 0.25) is 0 Å². The van der Waals surface area contributed by atoms with Gasteiger partial charge >= 0.3 is 16.5 Å². The monoisotopic (exact) mass is 626 g/mol. The maximum atomic E-state index is 15.7. The number of nitrogens with one attached hydrogen (secondary N) is 1. The van der Waals surface area contributed by atoms with E-state index >= 15 is 4.39 Å². The number of H-pyrrole nitrogens is 1. The van der Waals surface area contributed by atoms with Crippen molar-refractivity contribution in [3.05, 3.63) is 29.3 Å². The summed E-state index contributed by atoms with van der Waals surface area (Å²) in [7, 11) is -5.65. The van der Waals surface area contributed by atoms with Gasteiger partial charge in [0, 0.05) is 15.6 Å². The molecule has 0 aromatic carbocycles. The molecular weight excluding hydrogens is 605 g/mol. The highest BCUT2D eigenvalue weighted by atomic mass is 31.1. The molecule has 3 fully saturated rings. The lowest BCUT2D eigenvalue weighted by molar-refractivity contribution is -0.0529. The summed E-state index contributed by atoms with van der Waals surface area (Å²) >= 11 is 0. The fraction of sp³-hybridized carbons (Fsp3) is 0.500. The van der Waals surface area contributed by atoms with Crippen LogP contribution in [0, 0.1) is 0 Å². The van der Waals surface area contributed by atoms with Gasteiger partial charge in [-0.25, -0.2) is 24.3 Å². The van der Waals surface area contributed by atoms with E-state index < -0.39 is 71.7 Å². The molecule has 220 valence electrons. The number of ether oxygens (including phenoxy) is 2. The van der Waals surface area contributed by atoms with E-state index in [2.05, 4.69) is 29.9 Å². The number of aromatic nitrogens is 8. The van der Waals surface area contributed by atoms with E-state index in [9.17, 15) is 13.9 Å². The normalized spacial score (nSPS) is 32.5. The first-order valence-corrected chi connectivity index (χ1v) is 14.6. The smallest absolute Gasteiger partial charge is 0.382 e. The Kier molecular flexibility index (Phi) is 6.87. The predicted molar refractivity (Wildman–Crippen MR) is 136 cm³/mol. The zero-order valence-corrected chi connectivity index (χ0v) is 22.9. The average Bonchev–Trinajstić information content (AvgIpc) is 3.72. The van der Waals surface area contributed by atoms with Crippen molar-refractivity contribution >= 4 is 50.6 Å². The number of anilines is 2. The highest BCUT2D eigenvalue weighted by Crippen LogP contribution is 2.44. The summed E-state index contributed by atoms with van der Waals surface area (Å²) in [4.78, 5) is 34.8. The number of imidazole rings is 2. The molecule has 0 saturated carbocycles. The highest BCUT2D eigenvalue weighted by Gasteiger charge is 2.55. The van der Waals surface area contributed by atoms with Crippen LogP contribution < -0.4 is 17.0 Å². The third kappa shape index (κ3) is 4.71. The summed E-state index contributed by atoms with van der Waals surface area (Å²) in [5.74, 6) is -0.0297. The van der Waals surface area contributed by atoms with Crippen LogP contribution in [0.1, 0.15) is 18.9 Å². The molecular formula is C20H21FN10O9P2+2. The Labute approximate surface area is 234 Å². The SMILES string of the molecule is Nc1nc2c(ncn2[C@H]2C[C@@H]3O[P+](=O)OC[C@H]4O[C@@H](n5cnc6c(N)ncnc65)[C@H](F)[C@@H]4O[P+](=O)OCC3O2)c(=O)[nH]1. The second-order valence-corrected chi connectivity index (χ2v) is 11.3. The molecule has 3 aliphatic heterocycles. The molecule has 3 saturated heterocycles. The van der Waals surface area contributed by atoms with Crippen LogP contribution in [0.5, 0.6) is 0 Å². The average molecular weight is 626 g/mol. The third-order valence-corrected chi connectivity index (χ3v) is 8.57. The summed E-state index contributed by atoms with van der Waals surface area (Å²) < 4.78 is 77.8. The first-order valence-electron chi connectivity index (χ1n) is 12.4. The minimum atomic E-state index is -2.89. The molecule has 9 atom stereocenters. The quantitative estimate of drug-likeness (QED) is 0.260. The minimum absolute atomic E-state index is 0.0342. The predicted octanol–water partition coefficient (Wildman–Crippen LogP) is 0.779. The maximum Gasteiger partial charge on any atom is 0.697 e. The number of halogens is 1. The zero-order chi connectivity index (χ0) is 29.1. The molecule has 4 aromatic rings. The largest absolute Gasteiger partial charge is 0.697 e. The summed E-state index contributed by atoms with van der Waals surface area (Å²) in [6, 6.07) is 0. The Balaban J connectivity index is 1.10. The molecule has 42 heavy (non-hydrogen) atoms. The van der Waals surface area contributed by atoms with Gasteiger partial charge < -0.3 is 20.9 Å². The zero-order valence-electron chi connectivity index (χ0n) is 21.1. The molecule has 0 bridgehead atoms. The first kappa shape index (κ1) is 27.2. The third-order valence-electron chi connectivity index (χ3n) is 6.99. The lowest BCUT2D eigenvalue weighted by Crippen LogP contribution is -2.34. The van der Waals surface area contributed by atoms with Gasteiger partial charge in [0.2, 0.25) is 5.95 Å². The van der Waals surface area contributed by atoms with Crippen LogP contribution in [0.15, 0.2) is 23.8 Å². The van der Waals surface area contributed by atoms with Gasteiger partial charge in [0.1, 0.15) is 49.6 Å². The molecule has 7 rings (SSSR count). The molecule has 0 amide bonds. The van der Waals surface area contributed by atoms with E-state index in [1.165, 1.54) is 28.1 Å². The van der Waals surface area contributed by atoms with E-state index in [1.807, 2.05) is 0 Å². The van der Waals surface area contributed by atoms with Crippen molar-refractivity contribution in [2.24, 2.45) is 0 Å². The standard InChI is InChI=1S/C20H20FN10O9P2/c21-11-14-9(38-19(11)31-6-26-12-15(22)24-4-25-16(12)31)3-36-41(33)39-7-1-10(37-8(7)2-35-42(34)40-14)30-5-27-13-17(30)28-20(23)29-18(13)32/h4-11,14,19H,1-3H2,(H4-,22,23,24,25,28,29,32)/q+1/p+1/t7-,8?,9+,10+,11+,14+,19+/m0/s1. The minimum Gasteiger partial charge on any atom is -0.382 e. The van der Waals surface area contributed by atoms with E-state index in [1.54, 1.807) is 0 Å². The number of hydrogen-bond donors (Lipinski definition) is 3. The number of hydrogen-bond acceptors (Lipinski definition) is 16. The molecule has 19 nitrogen and oxygen atoms in total. The van der Waals surface area contributed by atoms with Crippen LogP contribution in [-0.2, 0) is 36.7 Å². The van der Waals surface area contributed by atoms with Gasteiger partial charge in [-0.3, -0.25) is 18.9 Å². The van der Waals surface area contributed by atoms with Crippen LogP contribution in [0.3, 0.4) is 0 Å². The Morgan fingerprint density at radius 1 is 0.905 bits per heavy atom. The molecule has 3 aliphatic rings. The molecule has 0 radical (unpaired) electrons. The first-order chi connectivity index (χ1) is 20.3. The number of alkyl halides is 1. The number of nitrogen functional groups attached to an aromatic ring is 2. The lowest BCUT2D eigenvalue weighted by Gasteiger charge is -2.14. The van der Waals surface area contributed by atoms with Crippen LogP contribution in [0.4, 0.5) is 16.2 Å². The van der Waals surface area contributed by atoms with E-state index in [-0.39, 0.29) is 47.1 Å². The van der Waals surface area contributed by atoms with Gasteiger partial charge in [0.05, 0.1) is 12.7 Å². The molecule has 0 spiro atoms. The summed E-state index contributed by atoms with van der Waals surface area (Å²) in [6.07, 6.45) is -4.49. The Morgan fingerprint density at radius 3 is 2.48 bits per heavy atom. The van der Waals surface area contributed by atoms with E-state index in [4.69, 9.17) is 39.0 Å². The molecule has 4 aromatic heterocycles. The molecule has 0 aliphatic carbocycles. The highest BCUT2D eigenvalue weighted by molar-refractivity contribution is 7.33. The van der Waals surface area contributed by atoms with Gasteiger partial charge in [0.15, 0.2) is 41.1 Å². The van der Waals surface area contributed by atoms with Crippen molar-refractivity contribution in [3.63, 3.8) is 0 Å². The summed E-state index contributed by atoms with van der Waals surface area (Å²) in [5, 5.41) is 0. The number of nitrogens with zero attached hydrogens (tertiary/aromatic N) is 7. The topological polar surface area (TPSA) is 249 Å². The van der Waals surface area contributed by atoms with Crippen molar-refractivity contribution in [1.29, 1.82) is 0 Å². The van der Waals surface area contributed by atoms with Crippen molar-refractivity contribution in [1.82, 2.24) is 39.0 Å². The summed E-state index contributed by atoms with van der Waals surface area (Å²) in [6.45, 7) is -0.785. The van der Waals surface area contributed by atoms with E-state index in [0.29, 0.717) is 0 Å². The van der Waals surface area contributed by atoms with Crippen molar-refractivity contribution < 1.29 is 41.1 Å². The second-order valence-electron chi connectivity index (χ2n) is 9.49. The van der Waals surface area contributed by atoms with Crippen LogP contribution in [-0.4, -0.2) is 82.8 Å².